The van der Waals surface area contributed by atoms with E-state index < -0.39 is 0 Å². The van der Waals surface area contributed by atoms with Crippen LogP contribution in [-0.2, 0) is 11.2 Å². The summed E-state index contributed by atoms with van der Waals surface area (Å²) in [6.07, 6.45) is 7.80. The standard InChI is InChI=1S/C24H29N3O4/c1-30-20-4-5-22(31-19-9-14-27(15-10-19)24(29)18-2-3-18)21(16-20)23(28)26-13-8-17-6-11-25-12-7-17/h4-7,11-12,16,18-19H,2-3,8-10,13-15H2,1H3,(H,26,28). The highest BCUT2D eigenvalue weighted by atomic mass is 16.5. The van der Waals surface area contributed by atoms with Crippen LogP contribution >= 0.6 is 0 Å². The first-order chi connectivity index (χ1) is 15.1. The van der Waals surface area contributed by atoms with E-state index in [1.807, 2.05) is 17.0 Å². The molecule has 2 fully saturated rings. The number of methoxy groups -OCH3 is 1. The van der Waals surface area contributed by atoms with Crippen LogP contribution in [0, 0.1) is 5.92 Å². The smallest absolute Gasteiger partial charge is 0.255 e. The molecule has 4 rings (SSSR count). The lowest BCUT2D eigenvalue weighted by Crippen LogP contribution is -2.42. The molecule has 1 saturated heterocycles. The van der Waals surface area contributed by atoms with E-state index in [1.54, 1.807) is 37.7 Å². The molecule has 2 aliphatic rings. The van der Waals surface area contributed by atoms with Crippen LogP contribution in [-0.4, -0.2) is 54.5 Å². The van der Waals surface area contributed by atoms with Gasteiger partial charge in [-0.1, -0.05) is 0 Å². The van der Waals surface area contributed by atoms with Crippen molar-refractivity contribution in [3.8, 4) is 11.5 Å². The van der Waals surface area contributed by atoms with Crippen LogP contribution in [0.1, 0.15) is 41.6 Å². The van der Waals surface area contributed by atoms with Crippen molar-refractivity contribution >= 4 is 11.8 Å². The van der Waals surface area contributed by atoms with E-state index in [-0.39, 0.29) is 23.8 Å². The van der Waals surface area contributed by atoms with Gasteiger partial charge in [-0.3, -0.25) is 14.6 Å². The molecular formula is C24H29N3O4. The van der Waals surface area contributed by atoms with Gasteiger partial charge in [0.2, 0.25) is 5.91 Å². The molecule has 1 aliphatic carbocycles. The lowest BCUT2D eigenvalue weighted by Gasteiger charge is -2.32. The molecule has 164 valence electrons. The molecule has 7 heteroatoms. The van der Waals surface area contributed by atoms with E-state index in [0.29, 0.717) is 36.7 Å². The van der Waals surface area contributed by atoms with Crippen LogP contribution in [0.3, 0.4) is 0 Å². The number of benzene rings is 1. The molecule has 0 bridgehead atoms. The lowest BCUT2D eigenvalue weighted by molar-refractivity contribution is -0.134. The zero-order valence-corrected chi connectivity index (χ0v) is 17.9. The van der Waals surface area contributed by atoms with Gasteiger partial charge in [0.15, 0.2) is 0 Å². The Morgan fingerprint density at radius 2 is 1.84 bits per heavy atom. The van der Waals surface area contributed by atoms with Crippen LogP contribution in [0.15, 0.2) is 42.7 Å². The third-order valence-electron chi connectivity index (χ3n) is 5.85. The van der Waals surface area contributed by atoms with Crippen LogP contribution in [0.4, 0.5) is 0 Å². The number of aromatic nitrogens is 1. The van der Waals surface area contributed by atoms with Gasteiger partial charge >= 0.3 is 0 Å². The van der Waals surface area contributed by atoms with Crippen molar-refractivity contribution < 1.29 is 19.1 Å². The molecule has 2 aromatic rings. The average Bonchev–Trinajstić information content (AvgIpc) is 3.65. The number of nitrogens with one attached hydrogen (secondary N) is 1. The van der Waals surface area contributed by atoms with E-state index in [9.17, 15) is 9.59 Å². The quantitative estimate of drug-likeness (QED) is 0.706. The Morgan fingerprint density at radius 3 is 2.52 bits per heavy atom. The molecule has 2 heterocycles. The number of amides is 2. The second-order valence-corrected chi connectivity index (χ2v) is 8.14. The summed E-state index contributed by atoms with van der Waals surface area (Å²) in [6.45, 7) is 1.94. The van der Waals surface area contributed by atoms with E-state index in [2.05, 4.69) is 10.3 Å². The number of piperidine rings is 1. The summed E-state index contributed by atoms with van der Waals surface area (Å²) in [5.74, 6) is 1.51. The minimum absolute atomic E-state index is 0.0139. The summed E-state index contributed by atoms with van der Waals surface area (Å²) in [7, 11) is 1.58. The maximum absolute atomic E-state index is 12.9. The van der Waals surface area contributed by atoms with Crippen molar-refractivity contribution in [2.45, 2.75) is 38.2 Å². The highest BCUT2D eigenvalue weighted by molar-refractivity contribution is 5.97. The molecule has 0 radical (unpaired) electrons. The third kappa shape index (κ3) is 5.54. The molecule has 0 atom stereocenters. The van der Waals surface area contributed by atoms with Crippen molar-refractivity contribution in [3.63, 3.8) is 0 Å². The molecule has 1 aromatic carbocycles. The first-order valence-electron chi connectivity index (χ1n) is 10.9. The van der Waals surface area contributed by atoms with Crippen LogP contribution < -0.4 is 14.8 Å². The summed E-state index contributed by atoms with van der Waals surface area (Å²) in [5.41, 5.74) is 1.58. The number of rotatable bonds is 8. The first-order valence-corrected chi connectivity index (χ1v) is 10.9. The van der Waals surface area contributed by atoms with Crippen molar-refractivity contribution in [1.29, 1.82) is 0 Å². The predicted octanol–water partition coefficient (Wildman–Crippen LogP) is 2.84. The topological polar surface area (TPSA) is 80.8 Å². The van der Waals surface area contributed by atoms with Gasteiger partial charge in [-0.15, -0.1) is 0 Å². The Kier molecular flexibility index (Phi) is 6.70. The summed E-state index contributed by atoms with van der Waals surface area (Å²) in [5, 5.41) is 2.97. The second-order valence-electron chi connectivity index (χ2n) is 8.14. The fourth-order valence-corrected chi connectivity index (χ4v) is 3.84. The van der Waals surface area contributed by atoms with E-state index in [0.717, 1.165) is 37.7 Å². The average molecular weight is 424 g/mol. The van der Waals surface area contributed by atoms with Crippen molar-refractivity contribution in [2.75, 3.05) is 26.7 Å². The Morgan fingerprint density at radius 1 is 1.10 bits per heavy atom. The molecule has 1 aliphatic heterocycles. The fourth-order valence-electron chi connectivity index (χ4n) is 3.84. The molecule has 2 amide bonds. The van der Waals surface area contributed by atoms with Crippen LogP contribution in [0.5, 0.6) is 11.5 Å². The highest BCUT2D eigenvalue weighted by Crippen LogP contribution is 2.33. The van der Waals surface area contributed by atoms with Gasteiger partial charge in [0.05, 0.1) is 12.7 Å². The first kappa shape index (κ1) is 21.2. The van der Waals surface area contributed by atoms with Crippen molar-refractivity contribution in [1.82, 2.24) is 15.2 Å². The Balaban J connectivity index is 1.36. The van der Waals surface area contributed by atoms with Crippen molar-refractivity contribution in [3.05, 3.63) is 53.9 Å². The maximum Gasteiger partial charge on any atom is 0.255 e. The summed E-state index contributed by atoms with van der Waals surface area (Å²) < 4.78 is 11.5. The number of hydrogen-bond acceptors (Lipinski definition) is 5. The zero-order valence-electron chi connectivity index (χ0n) is 17.9. The largest absolute Gasteiger partial charge is 0.497 e. The molecular weight excluding hydrogens is 394 g/mol. The third-order valence-corrected chi connectivity index (χ3v) is 5.85. The second kappa shape index (κ2) is 9.81. The van der Waals surface area contributed by atoms with Gasteiger partial charge in [-0.2, -0.15) is 0 Å². The van der Waals surface area contributed by atoms with Gasteiger partial charge in [0.25, 0.3) is 5.91 Å². The van der Waals surface area contributed by atoms with Crippen molar-refractivity contribution in [2.24, 2.45) is 5.92 Å². The molecule has 0 unspecified atom stereocenters. The minimum Gasteiger partial charge on any atom is -0.497 e. The molecule has 1 saturated carbocycles. The number of likely N-dealkylation sites (tertiary alicyclic amines) is 1. The highest BCUT2D eigenvalue weighted by Gasteiger charge is 2.35. The van der Waals surface area contributed by atoms with Gasteiger partial charge < -0.3 is 19.7 Å². The van der Waals surface area contributed by atoms with E-state index >= 15 is 0 Å². The number of ether oxygens (including phenoxy) is 2. The fraction of sp³-hybridized carbons (Fsp3) is 0.458. The Labute approximate surface area is 182 Å². The van der Waals surface area contributed by atoms with Gasteiger partial charge in [-0.25, -0.2) is 0 Å². The van der Waals surface area contributed by atoms with Gasteiger partial charge in [0.1, 0.15) is 17.6 Å². The molecule has 7 nitrogen and oxygen atoms in total. The number of hydrogen-bond donors (Lipinski definition) is 1. The Hall–Kier alpha value is -3.09. The lowest BCUT2D eigenvalue weighted by atomic mass is 10.1. The molecule has 31 heavy (non-hydrogen) atoms. The summed E-state index contributed by atoms with van der Waals surface area (Å²) >= 11 is 0. The summed E-state index contributed by atoms with van der Waals surface area (Å²) in [4.78, 5) is 31.1. The van der Waals surface area contributed by atoms with E-state index in [1.165, 1.54) is 0 Å². The molecule has 1 aromatic heterocycles. The van der Waals surface area contributed by atoms with Gasteiger partial charge in [0, 0.05) is 50.8 Å². The van der Waals surface area contributed by atoms with Gasteiger partial charge in [-0.05, 0) is 55.2 Å². The van der Waals surface area contributed by atoms with Crippen LogP contribution in [0.2, 0.25) is 0 Å². The van der Waals surface area contributed by atoms with Crippen LogP contribution in [0.25, 0.3) is 0 Å². The summed E-state index contributed by atoms with van der Waals surface area (Å²) in [6, 6.07) is 9.18. The minimum atomic E-state index is -0.190. The number of carbonyl (C=O) groups excluding carboxylic acids is 2. The predicted molar refractivity (Wildman–Crippen MR) is 116 cm³/mol. The normalized spacial score (nSPS) is 16.6. The monoisotopic (exact) mass is 423 g/mol. The zero-order chi connectivity index (χ0) is 21.6. The number of pyridine rings is 1. The number of carbonyl (C=O) groups is 2. The Bertz CT molecular complexity index is 906. The SMILES string of the molecule is COc1ccc(OC2CCN(C(=O)C3CC3)CC2)c(C(=O)NCCc2ccncc2)c1. The van der Waals surface area contributed by atoms with E-state index in [4.69, 9.17) is 9.47 Å². The maximum atomic E-state index is 12.9. The number of nitrogens with zero attached hydrogens (tertiary/aromatic N) is 2. The molecule has 0 spiro atoms. The molecule has 1 N–H and O–H groups in total.